The first-order valence-electron chi connectivity index (χ1n) is 5.00. The highest BCUT2D eigenvalue weighted by Gasteiger charge is 2.32. The molecular weight excluding hydrogens is 251 g/mol. The Balaban J connectivity index is 2.70. The lowest BCUT2D eigenvalue weighted by Gasteiger charge is -2.11. The molecular formula is C10H14F3N3S. The second kappa shape index (κ2) is 6.00. The number of pyridine rings is 1. The number of alkyl halides is 3. The van der Waals surface area contributed by atoms with Gasteiger partial charge in [-0.2, -0.15) is 24.9 Å². The normalized spacial score (nSPS) is 11.5. The molecule has 1 aromatic rings. The van der Waals surface area contributed by atoms with Crippen molar-refractivity contribution in [2.45, 2.75) is 12.6 Å². The van der Waals surface area contributed by atoms with Crippen molar-refractivity contribution in [1.29, 1.82) is 0 Å². The van der Waals surface area contributed by atoms with E-state index in [9.17, 15) is 13.2 Å². The fourth-order valence-electron chi connectivity index (χ4n) is 1.21. The molecule has 0 amide bonds. The molecule has 17 heavy (non-hydrogen) atoms. The van der Waals surface area contributed by atoms with Gasteiger partial charge in [-0.3, -0.25) is 0 Å². The van der Waals surface area contributed by atoms with E-state index in [1.807, 2.05) is 6.26 Å². The minimum atomic E-state index is -4.44. The van der Waals surface area contributed by atoms with E-state index >= 15 is 0 Å². The van der Waals surface area contributed by atoms with Gasteiger partial charge in [0.1, 0.15) is 5.69 Å². The summed E-state index contributed by atoms with van der Waals surface area (Å²) in [6.07, 6.45) is -0.573. The average Bonchev–Trinajstić information content (AvgIpc) is 2.25. The second-order valence-electron chi connectivity index (χ2n) is 3.43. The molecule has 0 aliphatic rings. The molecule has 0 atom stereocenters. The predicted octanol–water partition coefficient (Wildman–Crippen LogP) is 2.85. The Morgan fingerprint density at radius 3 is 2.76 bits per heavy atom. The molecule has 0 unspecified atom stereocenters. The van der Waals surface area contributed by atoms with Gasteiger partial charge >= 0.3 is 6.18 Å². The molecule has 1 aromatic heterocycles. The van der Waals surface area contributed by atoms with Gasteiger partial charge < -0.3 is 11.1 Å². The van der Waals surface area contributed by atoms with Crippen molar-refractivity contribution in [3.05, 3.63) is 18.0 Å². The number of hydrogen-bond acceptors (Lipinski definition) is 4. The van der Waals surface area contributed by atoms with Crippen molar-refractivity contribution in [3.63, 3.8) is 0 Å². The lowest BCUT2D eigenvalue weighted by molar-refractivity contribution is -0.141. The van der Waals surface area contributed by atoms with Gasteiger partial charge in [-0.1, -0.05) is 0 Å². The molecule has 0 saturated heterocycles. The zero-order valence-corrected chi connectivity index (χ0v) is 10.2. The second-order valence-corrected chi connectivity index (χ2v) is 4.41. The number of anilines is 2. The lowest BCUT2D eigenvalue weighted by Crippen LogP contribution is -2.11. The van der Waals surface area contributed by atoms with E-state index in [2.05, 4.69) is 10.3 Å². The Kier molecular flexibility index (Phi) is 4.92. The highest BCUT2D eigenvalue weighted by molar-refractivity contribution is 7.98. The minimum absolute atomic E-state index is 0.224. The Bertz CT molecular complexity index is 368. The summed E-state index contributed by atoms with van der Waals surface area (Å²) < 4.78 is 37.2. The highest BCUT2D eigenvalue weighted by atomic mass is 32.2. The number of halogens is 3. The van der Waals surface area contributed by atoms with Crippen molar-refractivity contribution in [2.24, 2.45) is 0 Å². The van der Waals surface area contributed by atoms with Gasteiger partial charge in [-0.15, -0.1) is 0 Å². The van der Waals surface area contributed by atoms with Gasteiger partial charge in [0.15, 0.2) is 0 Å². The third-order valence-corrected chi connectivity index (χ3v) is 2.76. The summed E-state index contributed by atoms with van der Waals surface area (Å²) in [6, 6.07) is 0.939. The van der Waals surface area contributed by atoms with Crippen LogP contribution in [0.3, 0.4) is 0 Å². The number of nitrogen functional groups attached to an aromatic ring is 1. The van der Waals surface area contributed by atoms with Crippen LogP contribution in [0, 0.1) is 0 Å². The van der Waals surface area contributed by atoms with E-state index in [0.717, 1.165) is 24.4 Å². The zero-order valence-electron chi connectivity index (χ0n) is 9.34. The molecule has 7 heteroatoms. The summed E-state index contributed by atoms with van der Waals surface area (Å²) in [4.78, 5) is 3.26. The summed E-state index contributed by atoms with van der Waals surface area (Å²) in [5, 5.41) is 2.88. The van der Waals surface area contributed by atoms with Crippen molar-refractivity contribution in [1.82, 2.24) is 4.98 Å². The van der Waals surface area contributed by atoms with Gasteiger partial charge in [0, 0.05) is 6.54 Å². The van der Waals surface area contributed by atoms with Crippen LogP contribution in [-0.4, -0.2) is 23.5 Å². The highest BCUT2D eigenvalue weighted by Crippen LogP contribution is 2.30. The minimum Gasteiger partial charge on any atom is -0.396 e. The van der Waals surface area contributed by atoms with Crippen LogP contribution in [-0.2, 0) is 6.18 Å². The van der Waals surface area contributed by atoms with E-state index in [4.69, 9.17) is 5.73 Å². The lowest BCUT2D eigenvalue weighted by atomic mass is 10.2. The zero-order chi connectivity index (χ0) is 12.9. The van der Waals surface area contributed by atoms with E-state index in [1.165, 1.54) is 0 Å². The standard InChI is InChI=1S/C10H14F3N3S/c1-17-4-2-3-15-8-5-9(10(11,12)13)16-6-7(8)14/h5-6H,2-4,14H2,1H3,(H,15,16). The van der Waals surface area contributed by atoms with Crippen molar-refractivity contribution < 1.29 is 13.2 Å². The summed E-state index contributed by atoms with van der Waals surface area (Å²) in [5.74, 6) is 0.949. The maximum absolute atomic E-state index is 12.4. The first-order chi connectivity index (χ1) is 7.95. The summed E-state index contributed by atoms with van der Waals surface area (Å²) in [6.45, 7) is 0.590. The molecule has 1 heterocycles. The van der Waals surface area contributed by atoms with Crippen molar-refractivity contribution >= 4 is 23.1 Å². The Labute approximate surface area is 102 Å². The van der Waals surface area contributed by atoms with Gasteiger partial charge in [-0.05, 0) is 24.5 Å². The Hall–Kier alpha value is -1.11. The van der Waals surface area contributed by atoms with E-state index < -0.39 is 11.9 Å². The van der Waals surface area contributed by atoms with Crippen LogP contribution in [0.2, 0.25) is 0 Å². The maximum atomic E-state index is 12.4. The largest absolute Gasteiger partial charge is 0.433 e. The molecule has 0 aliphatic carbocycles. The fourth-order valence-corrected chi connectivity index (χ4v) is 1.65. The first kappa shape index (κ1) is 14.0. The first-order valence-corrected chi connectivity index (χ1v) is 6.40. The number of nitrogens with one attached hydrogen (secondary N) is 1. The molecule has 96 valence electrons. The van der Waals surface area contributed by atoms with Crippen molar-refractivity contribution in [2.75, 3.05) is 29.6 Å². The van der Waals surface area contributed by atoms with Crippen LogP contribution in [0.5, 0.6) is 0 Å². The van der Waals surface area contributed by atoms with E-state index in [-0.39, 0.29) is 11.4 Å². The molecule has 0 fully saturated rings. The Morgan fingerprint density at radius 1 is 1.47 bits per heavy atom. The molecule has 3 N–H and O–H groups in total. The molecule has 0 spiro atoms. The third-order valence-electron chi connectivity index (χ3n) is 2.07. The number of aromatic nitrogens is 1. The monoisotopic (exact) mass is 265 g/mol. The van der Waals surface area contributed by atoms with Crippen molar-refractivity contribution in [3.8, 4) is 0 Å². The molecule has 0 saturated carbocycles. The molecule has 0 radical (unpaired) electrons. The predicted molar refractivity (Wildman–Crippen MR) is 65.1 cm³/mol. The number of nitrogens with two attached hydrogens (primary N) is 1. The quantitative estimate of drug-likeness (QED) is 0.804. The van der Waals surface area contributed by atoms with Gasteiger partial charge in [0.25, 0.3) is 0 Å². The van der Waals surface area contributed by atoms with E-state index in [0.29, 0.717) is 6.54 Å². The molecule has 0 aromatic carbocycles. The van der Waals surface area contributed by atoms with Crippen LogP contribution >= 0.6 is 11.8 Å². The topological polar surface area (TPSA) is 50.9 Å². The summed E-state index contributed by atoms with van der Waals surface area (Å²) in [5.41, 5.74) is 5.13. The number of rotatable bonds is 5. The number of hydrogen-bond donors (Lipinski definition) is 2. The average molecular weight is 265 g/mol. The van der Waals surface area contributed by atoms with E-state index in [1.54, 1.807) is 11.8 Å². The SMILES string of the molecule is CSCCCNc1cc(C(F)(F)F)ncc1N. The third kappa shape index (κ3) is 4.33. The van der Waals surface area contributed by atoms with Crippen LogP contribution in [0.25, 0.3) is 0 Å². The summed E-state index contributed by atoms with van der Waals surface area (Å²) >= 11 is 1.68. The van der Waals surface area contributed by atoms with Gasteiger partial charge in [0.2, 0.25) is 0 Å². The van der Waals surface area contributed by atoms with Crippen LogP contribution in [0.1, 0.15) is 12.1 Å². The number of thioether (sulfide) groups is 1. The molecule has 3 nitrogen and oxygen atoms in total. The molecule has 0 bridgehead atoms. The Morgan fingerprint density at radius 2 is 2.18 bits per heavy atom. The molecule has 1 rings (SSSR count). The summed E-state index contributed by atoms with van der Waals surface area (Å²) in [7, 11) is 0. The number of nitrogens with zero attached hydrogens (tertiary/aromatic N) is 1. The molecule has 0 aliphatic heterocycles. The van der Waals surface area contributed by atoms with Gasteiger partial charge in [-0.25, -0.2) is 4.98 Å². The van der Waals surface area contributed by atoms with Gasteiger partial charge in [0.05, 0.1) is 17.6 Å². The van der Waals surface area contributed by atoms with Crippen LogP contribution in [0.15, 0.2) is 12.3 Å². The maximum Gasteiger partial charge on any atom is 0.433 e. The smallest absolute Gasteiger partial charge is 0.396 e. The van der Waals surface area contributed by atoms with Crippen LogP contribution in [0.4, 0.5) is 24.5 Å². The van der Waals surface area contributed by atoms with Crippen LogP contribution < -0.4 is 11.1 Å². The fraction of sp³-hybridized carbons (Fsp3) is 0.500.